The lowest BCUT2D eigenvalue weighted by Gasteiger charge is -2.10. The smallest absolute Gasteiger partial charge is 0.374 e. The molecule has 0 amide bonds. The van der Waals surface area contributed by atoms with Gasteiger partial charge in [-0.05, 0) is 37.8 Å². The number of hydrogen-bond donors (Lipinski definition) is 1. The van der Waals surface area contributed by atoms with Crippen molar-refractivity contribution in [1.29, 1.82) is 0 Å². The molecule has 1 N–H and O–H groups in total. The quantitative estimate of drug-likeness (QED) is 0.906. The van der Waals surface area contributed by atoms with E-state index in [9.17, 15) is 4.79 Å². The fourth-order valence-electron chi connectivity index (χ4n) is 1.96. The number of aromatic carboxylic acids is 1. The molecule has 5 heteroatoms. The predicted molar refractivity (Wildman–Crippen MR) is 71.9 cm³/mol. The van der Waals surface area contributed by atoms with E-state index in [-0.39, 0.29) is 5.76 Å². The summed E-state index contributed by atoms with van der Waals surface area (Å²) in [5.41, 5.74) is 2.30. The molecular weight excluding hydrogens is 258 g/mol. The topological polar surface area (TPSA) is 72.6 Å². The van der Waals surface area contributed by atoms with E-state index in [0.717, 1.165) is 11.1 Å². The maximum absolute atomic E-state index is 10.9. The van der Waals surface area contributed by atoms with Gasteiger partial charge in [0.05, 0.1) is 6.61 Å². The van der Waals surface area contributed by atoms with Crippen LogP contribution in [0.1, 0.15) is 29.0 Å². The number of hydrogen-bond acceptors (Lipinski definition) is 4. The Balaban J connectivity index is 1.91. The van der Waals surface area contributed by atoms with Crippen molar-refractivity contribution in [3.63, 3.8) is 0 Å². The van der Waals surface area contributed by atoms with E-state index in [2.05, 4.69) is 5.16 Å². The Bertz CT molecular complexity index is 643. The number of ether oxygens (including phenoxy) is 1. The average Bonchev–Trinajstić information content (AvgIpc) is 3.11. The first-order valence-corrected chi connectivity index (χ1v) is 6.57. The van der Waals surface area contributed by atoms with Gasteiger partial charge < -0.3 is 14.4 Å². The van der Waals surface area contributed by atoms with Crippen LogP contribution in [-0.2, 0) is 0 Å². The zero-order chi connectivity index (χ0) is 14.1. The molecule has 0 saturated heterocycles. The second-order valence-electron chi connectivity index (χ2n) is 5.14. The molecule has 0 bridgehead atoms. The predicted octanol–water partition coefficient (Wildman–Crippen LogP) is 3.14. The maximum Gasteiger partial charge on any atom is 0.374 e. The lowest BCUT2D eigenvalue weighted by atomic mass is 10.1. The molecule has 2 aromatic rings. The van der Waals surface area contributed by atoms with Crippen LogP contribution in [0.25, 0.3) is 11.3 Å². The Hall–Kier alpha value is -2.30. The minimum absolute atomic E-state index is 0.172. The molecule has 0 aliphatic heterocycles. The van der Waals surface area contributed by atoms with E-state index in [1.807, 2.05) is 25.1 Å². The zero-order valence-corrected chi connectivity index (χ0v) is 11.1. The Labute approximate surface area is 116 Å². The third kappa shape index (κ3) is 2.66. The highest BCUT2D eigenvalue weighted by molar-refractivity contribution is 5.86. The van der Waals surface area contributed by atoms with Gasteiger partial charge in [-0.2, -0.15) is 0 Å². The van der Waals surface area contributed by atoms with Crippen LogP contribution in [0, 0.1) is 12.8 Å². The van der Waals surface area contributed by atoms with Gasteiger partial charge >= 0.3 is 5.97 Å². The standard InChI is InChI=1S/C15H15NO4/c1-9-2-5-13(19-8-10-3-4-10)11(6-9)12-7-14(15(17)18)20-16-12/h2,5-7,10H,3-4,8H2,1H3,(H,17,18). The molecule has 20 heavy (non-hydrogen) atoms. The van der Waals surface area contributed by atoms with Gasteiger partial charge in [0.15, 0.2) is 0 Å². The lowest BCUT2D eigenvalue weighted by Crippen LogP contribution is -2.00. The molecule has 5 nitrogen and oxygen atoms in total. The van der Waals surface area contributed by atoms with Gasteiger partial charge in [0.2, 0.25) is 5.76 Å². The molecule has 0 radical (unpaired) electrons. The third-order valence-corrected chi connectivity index (χ3v) is 3.30. The lowest BCUT2D eigenvalue weighted by molar-refractivity contribution is 0.0652. The fourth-order valence-corrected chi connectivity index (χ4v) is 1.96. The average molecular weight is 273 g/mol. The molecule has 3 rings (SSSR count). The van der Waals surface area contributed by atoms with E-state index in [0.29, 0.717) is 24.0 Å². The summed E-state index contributed by atoms with van der Waals surface area (Å²) in [7, 11) is 0. The highest BCUT2D eigenvalue weighted by atomic mass is 16.5. The second kappa shape index (κ2) is 5.00. The molecule has 0 spiro atoms. The van der Waals surface area contributed by atoms with Gasteiger partial charge in [-0.15, -0.1) is 0 Å². The molecule has 1 saturated carbocycles. The van der Waals surface area contributed by atoms with E-state index < -0.39 is 5.97 Å². The van der Waals surface area contributed by atoms with Crippen molar-refractivity contribution < 1.29 is 19.2 Å². The molecule has 104 valence electrons. The van der Waals surface area contributed by atoms with Crippen molar-refractivity contribution in [1.82, 2.24) is 5.16 Å². The van der Waals surface area contributed by atoms with E-state index >= 15 is 0 Å². The van der Waals surface area contributed by atoms with Crippen LogP contribution in [0.2, 0.25) is 0 Å². The number of nitrogens with zero attached hydrogens (tertiary/aromatic N) is 1. The van der Waals surface area contributed by atoms with Crippen LogP contribution >= 0.6 is 0 Å². The number of rotatable bonds is 5. The molecule has 0 atom stereocenters. The summed E-state index contributed by atoms with van der Waals surface area (Å²) in [6, 6.07) is 7.19. The molecule has 1 heterocycles. The number of carbonyl (C=O) groups is 1. The van der Waals surface area contributed by atoms with Gasteiger partial charge in [-0.1, -0.05) is 16.8 Å². The van der Waals surface area contributed by atoms with E-state index in [4.69, 9.17) is 14.4 Å². The summed E-state index contributed by atoms with van der Waals surface area (Å²) >= 11 is 0. The summed E-state index contributed by atoms with van der Waals surface area (Å²) in [5.74, 6) is 0.0651. The molecule has 0 unspecified atom stereocenters. The highest BCUT2D eigenvalue weighted by Gasteiger charge is 2.23. The van der Waals surface area contributed by atoms with Crippen molar-refractivity contribution >= 4 is 5.97 Å². The first-order chi connectivity index (χ1) is 9.63. The summed E-state index contributed by atoms with van der Waals surface area (Å²) < 4.78 is 10.6. The monoisotopic (exact) mass is 273 g/mol. The van der Waals surface area contributed by atoms with Gasteiger partial charge in [-0.3, -0.25) is 0 Å². The minimum atomic E-state index is -1.13. The zero-order valence-electron chi connectivity index (χ0n) is 11.1. The largest absolute Gasteiger partial charge is 0.493 e. The van der Waals surface area contributed by atoms with Crippen LogP contribution in [0.5, 0.6) is 5.75 Å². The van der Waals surface area contributed by atoms with Gasteiger partial charge in [0, 0.05) is 11.6 Å². The van der Waals surface area contributed by atoms with Crippen molar-refractivity contribution in [2.24, 2.45) is 5.92 Å². The third-order valence-electron chi connectivity index (χ3n) is 3.30. The number of benzene rings is 1. The summed E-state index contributed by atoms with van der Waals surface area (Å²) in [6.45, 7) is 2.66. The van der Waals surface area contributed by atoms with E-state index in [1.54, 1.807) is 0 Å². The molecule has 1 aromatic heterocycles. The van der Waals surface area contributed by atoms with Crippen LogP contribution in [0.15, 0.2) is 28.8 Å². The fraction of sp³-hybridized carbons (Fsp3) is 0.333. The summed E-state index contributed by atoms with van der Waals surface area (Å²) in [4.78, 5) is 10.9. The molecule has 1 aliphatic carbocycles. The van der Waals surface area contributed by atoms with Gasteiger partial charge in [0.1, 0.15) is 11.4 Å². The number of aryl methyl sites for hydroxylation is 1. The van der Waals surface area contributed by atoms with Crippen LogP contribution in [0.3, 0.4) is 0 Å². The van der Waals surface area contributed by atoms with Crippen LogP contribution in [0.4, 0.5) is 0 Å². The second-order valence-corrected chi connectivity index (χ2v) is 5.14. The van der Waals surface area contributed by atoms with Crippen molar-refractivity contribution in [3.05, 3.63) is 35.6 Å². The maximum atomic E-state index is 10.9. The Morgan fingerprint density at radius 2 is 2.25 bits per heavy atom. The first-order valence-electron chi connectivity index (χ1n) is 6.57. The number of carboxylic acids is 1. The van der Waals surface area contributed by atoms with Crippen molar-refractivity contribution in [3.8, 4) is 17.0 Å². The van der Waals surface area contributed by atoms with Crippen LogP contribution < -0.4 is 4.74 Å². The molecular formula is C15H15NO4. The van der Waals surface area contributed by atoms with Gasteiger partial charge in [-0.25, -0.2) is 4.79 Å². The Morgan fingerprint density at radius 3 is 2.90 bits per heavy atom. The van der Waals surface area contributed by atoms with Crippen molar-refractivity contribution in [2.45, 2.75) is 19.8 Å². The minimum Gasteiger partial charge on any atom is -0.493 e. The van der Waals surface area contributed by atoms with Gasteiger partial charge in [0.25, 0.3) is 0 Å². The number of aromatic nitrogens is 1. The van der Waals surface area contributed by atoms with E-state index in [1.165, 1.54) is 18.9 Å². The molecule has 1 aromatic carbocycles. The normalized spacial score (nSPS) is 14.2. The SMILES string of the molecule is Cc1ccc(OCC2CC2)c(-c2cc(C(=O)O)on2)c1. The highest BCUT2D eigenvalue weighted by Crippen LogP contribution is 2.34. The Kier molecular flexibility index (Phi) is 3.18. The molecule has 1 fully saturated rings. The summed E-state index contributed by atoms with van der Waals surface area (Å²) in [5, 5.41) is 12.7. The Morgan fingerprint density at radius 1 is 1.45 bits per heavy atom. The van der Waals surface area contributed by atoms with Crippen LogP contribution in [-0.4, -0.2) is 22.8 Å². The molecule has 1 aliphatic rings. The first kappa shape index (κ1) is 12.7. The summed E-state index contributed by atoms with van der Waals surface area (Å²) in [6.07, 6.45) is 2.43. The van der Waals surface area contributed by atoms with Crippen molar-refractivity contribution in [2.75, 3.05) is 6.61 Å². The number of carboxylic acid groups (broad SMARTS) is 1.